The van der Waals surface area contributed by atoms with E-state index >= 15 is 0 Å². The van der Waals surface area contributed by atoms with Gasteiger partial charge in [0, 0.05) is 5.92 Å². The number of aliphatic hydroxyl groups excluding tert-OH is 6. The predicted octanol–water partition coefficient (Wildman–Crippen LogP) is 2.49. The Morgan fingerprint density at radius 1 is 0.833 bits per heavy atom. The minimum absolute atomic E-state index is 0.00666. The van der Waals surface area contributed by atoms with Crippen LogP contribution in [0.15, 0.2) is 11.6 Å². The molecule has 0 spiro atoms. The summed E-state index contributed by atoms with van der Waals surface area (Å²) in [7, 11) is 0. The number of ether oxygens (including phenoxy) is 4. The molecule has 2 saturated heterocycles. The molecule has 2 aliphatic heterocycles. The predicted molar refractivity (Wildman–Crippen MR) is 193 cm³/mol. The van der Waals surface area contributed by atoms with Gasteiger partial charge in [0.1, 0.15) is 42.7 Å². The highest BCUT2D eigenvalue weighted by molar-refractivity contribution is 5.77. The van der Waals surface area contributed by atoms with Crippen LogP contribution in [0.3, 0.4) is 0 Å². The van der Waals surface area contributed by atoms with Crippen molar-refractivity contribution in [2.45, 2.75) is 173 Å². The van der Waals surface area contributed by atoms with Crippen LogP contribution >= 0.6 is 0 Å². The average Bonchev–Trinajstić information content (AvgIpc) is 3.10. The number of hydrogen-bond donors (Lipinski definition) is 8. The van der Waals surface area contributed by atoms with E-state index in [0.29, 0.717) is 31.6 Å². The second-order valence-corrected chi connectivity index (χ2v) is 19.9. The third-order valence-electron chi connectivity index (χ3n) is 17.3. The lowest BCUT2D eigenvalue weighted by Gasteiger charge is -2.72. The Morgan fingerprint density at radius 3 is 2.20 bits per heavy atom. The van der Waals surface area contributed by atoms with Crippen LogP contribution in [0.25, 0.3) is 0 Å². The molecule has 1 unspecified atom stereocenters. The van der Waals surface area contributed by atoms with Crippen molar-refractivity contribution < 1.29 is 64.6 Å². The number of hydrogen-bond acceptors (Lipinski definition) is 12. The van der Waals surface area contributed by atoms with E-state index in [-0.39, 0.29) is 46.2 Å². The molecule has 7 aliphatic rings. The molecule has 0 amide bonds. The van der Waals surface area contributed by atoms with Crippen molar-refractivity contribution in [2.24, 2.45) is 50.7 Å². The van der Waals surface area contributed by atoms with Gasteiger partial charge in [0.15, 0.2) is 12.6 Å². The Balaban J connectivity index is 1.14. The van der Waals surface area contributed by atoms with Gasteiger partial charge in [-0.2, -0.15) is 0 Å². The summed E-state index contributed by atoms with van der Waals surface area (Å²) in [6.07, 6.45) is -4.14. The van der Waals surface area contributed by atoms with Crippen LogP contribution in [0, 0.1) is 50.7 Å². The fourth-order valence-corrected chi connectivity index (χ4v) is 13.6. The molecule has 2 heterocycles. The monoisotopic (exact) mass is 766 g/mol. The zero-order chi connectivity index (χ0) is 39.6. The molecule has 19 atom stereocenters. The van der Waals surface area contributed by atoms with Crippen molar-refractivity contribution in [3.8, 4) is 0 Å². The van der Waals surface area contributed by atoms with Gasteiger partial charge in [-0.15, -0.1) is 0 Å². The molecule has 0 aromatic rings. The molecule has 6 fully saturated rings. The molecule has 4 saturated carbocycles. The lowest BCUT2D eigenvalue weighted by atomic mass is 9.33. The molecule has 7 rings (SSSR count). The van der Waals surface area contributed by atoms with E-state index in [2.05, 4.69) is 47.6 Å². The van der Waals surface area contributed by atoms with Gasteiger partial charge in [0.25, 0.3) is 0 Å². The highest BCUT2D eigenvalue weighted by Gasteiger charge is 2.71. The van der Waals surface area contributed by atoms with Crippen molar-refractivity contribution in [3.63, 3.8) is 0 Å². The summed E-state index contributed by atoms with van der Waals surface area (Å²) in [4.78, 5) is 13.1. The van der Waals surface area contributed by atoms with Gasteiger partial charge >= 0.3 is 5.97 Å². The molecule has 0 bridgehead atoms. The molecular weight excluding hydrogens is 700 g/mol. The van der Waals surface area contributed by atoms with Gasteiger partial charge in [-0.05, 0) is 104 Å². The van der Waals surface area contributed by atoms with E-state index in [1.807, 2.05) is 6.92 Å². The van der Waals surface area contributed by atoms with Crippen molar-refractivity contribution in [3.05, 3.63) is 11.6 Å². The summed E-state index contributed by atoms with van der Waals surface area (Å²) in [6.45, 7) is 14.7. The van der Waals surface area contributed by atoms with Crippen molar-refractivity contribution in [1.29, 1.82) is 0 Å². The van der Waals surface area contributed by atoms with E-state index in [4.69, 9.17) is 18.9 Å². The van der Waals surface area contributed by atoms with Gasteiger partial charge < -0.3 is 59.8 Å². The minimum Gasteiger partial charge on any atom is -0.481 e. The summed E-state index contributed by atoms with van der Waals surface area (Å²) in [5.74, 6) is -0.672. The molecule has 5 aliphatic carbocycles. The van der Waals surface area contributed by atoms with Gasteiger partial charge in [-0.1, -0.05) is 53.2 Å². The number of aliphatic carboxylic acids is 1. The van der Waals surface area contributed by atoms with Crippen LogP contribution in [0.4, 0.5) is 0 Å². The van der Waals surface area contributed by atoms with Crippen LogP contribution < -0.4 is 0 Å². The average molecular weight is 767 g/mol. The smallest absolute Gasteiger partial charge is 0.310 e. The second kappa shape index (κ2) is 13.7. The van der Waals surface area contributed by atoms with Gasteiger partial charge in [0.2, 0.25) is 0 Å². The Hall–Kier alpha value is -1.23. The van der Waals surface area contributed by atoms with Gasteiger partial charge in [-0.25, -0.2) is 0 Å². The standard InChI is InChI=1S/C41H66O13/c1-20-10-15-41(35(48)49)17-16-38(5)21(32(41)40(20,7)50)8-9-25-37(4)13-12-26(36(2,3)24(37)11-14-39(25,38)6)53-34-31(27(44)22(43)19-51-34)54-33-30(47)29(46)28(45)23(18-42)52-33/h8,20,22-34,42-47,50H,9-19H2,1-7H3,(H,48,49)/t20-,22+,23+,24-,25+,26-,27-,28+,29-,30+,31+,32+,33-,34?,37-,38+,39+,40+,41-/m0/s1. The fourth-order valence-electron chi connectivity index (χ4n) is 13.6. The van der Waals surface area contributed by atoms with Crippen LogP contribution in [-0.2, 0) is 23.7 Å². The first-order valence-electron chi connectivity index (χ1n) is 20.4. The van der Waals surface area contributed by atoms with Crippen molar-refractivity contribution >= 4 is 5.97 Å². The summed E-state index contributed by atoms with van der Waals surface area (Å²) in [5, 5.41) is 85.5. The van der Waals surface area contributed by atoms with Gasteiger partial charge in [-0.3, -0.25) is 4.79 Å². The molecule has 0 aromatic carbocycles. The maximum Gasteiger partial charge on any atom is 0.310 e. The van der Waals surface area contributed by atoms with Crippen LogP contribution in [0.2, 0.25) is 0 Å². The highest BCUT2D eigenvalue weighted by Crippen LogP contribution is 2.76. The number of carboxylic acids is 1. The zero-order valence-electron chi connectivity index (χ0n) is 33.1. The summed E-state index contributed by atoms with van der Waals surface area (Å²) in [6, 6.07) is 0. The number of aliphatic hydroxyl groups is 7. The molecule has 54 heavy (non-hydrogen) atoms. The van der Waals surface area contributed by atoms with E-state index in [9.17, 15) is 45.6 Å². The highest BCUT2D eigenvalue weighted by atomic mass is 16.8. The van der Waals surface area contributed by atoms with Gasteiger partial charge in [0.05, 0.1) is 30.3 Å². The van der Waals surface area contributed by atoms with Crippen LogP contribution in [0.5, 0.6) is 0 Å². The normalized spacial score (nSPS) is 55.7. The van der Waals surface area contributed by atoms with E-state index in [1.54, 1.807) is 0 Å². The number of carbonyl (C=O) groups is 1. The number of allylic oxidation sites excluding steroid dienone is 1. The summed E-state index contributed by atoms with van der Waals surface area (Å²) >= 11 is 0. The van der Waals surface area contributed by atoms with E-state index < -0.39 is 84.8 Å². The fraction of sp³-hybridized carbons (Fsp3) is 0.927. The lowest BCUT2D eigenvalue weighted by molar-refractivity contribution is -0.367. The molecule has 8 N–H and O–H groups in total. The van der Waals surface area contributed by atoms with Crippen LogP contribution in [0.1, 0.15) is 106 Å². The minimum atomic E-state index is -1.71. The molecule has 0 radical (unpaired) electrons. The molecule has 13 heteroatoms. The first kappa shape index (κ1) is 40.9. The van der Waals surface area contributed by atoms with Crippen molar-refractivity contribution in [2.75, 3.05) is 13.2 Å². The quantitative estimate of drug-likeness (QED) is 0.144. The summed E-state index contributed by atoms with van der Waals surface area (Å²) in [5.41, 5.74) is -1.77. The third-order valence-corrected chi connectivity index (χ3v) is 17.3. The second-order valence-electron chi connectivity index (χ2n) is 19.9. The molecular formula is C41H66O13. The van der Waals surface area contributed by atoms with E-state index in [1.165, 1.54) is 0 Å². The SMILES string of the molecule is C[C@H]1CC[C@]2(C(=O)O)CC[C@]3(C)C(=CC[C@@H]4[C@@]5(C)CC[C@H](OC6OC[C@@H](O)[C@H](O)[C@H]6O[C@@H]6O[C@H](CO)[C@@H](O)[C@H](O)[C@H]6O)C(C)(C)[C@@H]5CC[C@]43C)[C@@H]2[C@]1(C)O. The maximum atomic E-state index is 13.1. The topological polar surface area (TPSA) is 216 Å². The molecule has 308 valence electrons. The number of fused-ring (bicyclic) bond motifs is 7. The maximum absolute atomic E-state index is 13.1. The Bertz CT molecular complexity index is 1470. The Kier molecular flexibility index (Phi) is 10.4. The molecule has 13 nitrogen and oxygen atoms in total. The third kappa shape index (κ3) is 5.68. The largest absolute Gasteiger partial charge is 0.481 e. The first-order valence-corrected chi connectivity index (χ1v) is 20.4. The van der Waals surface area contributed by atoms with Crippen LogP contribution in [-0.4, -0.2) is 127 Å². The summed E-state index contributed by atoms with van der Waals surface area (Å²) < 4.78 is 24.2. The number of rotatable bonds is 6. The van der Waals surface area contributed by atoms with E-state index in [0.717, 1.165) is 37.7 Å². The molecule has 0 aromatic heterocycles. The first-order chi connectivity index (χ1) is 25.1. The Morgan fingerprint density at radius 2 is 1.54 bits per heavy atom. The van der Waals surface area contributed by atoms with Crippen molar-refractivity contribution in [1.82, 2.24) is 0 Å². The zero-order valence-corrected chi connectivity index (χ0v) is 33.1. The number of carboxylic acid groups (broad SMARTS) is 1. The lowest BCUT2D eigenvalue weighted by Crippen LogP contribution is -2.68. The Labute approximate surface area is 319 Å².